The van der Waals surface area contributed by atoms with Crippen molar-refractivity contribution in [2.45, 2.75) is 33.6 Å². The molecule has 3 nitrogen and oxygen atoms in total. The van der Waals surface area contributed by atoms with E-state index in [-0.39, 0.29) is 11.2 Å². The standard InChI is InChI=1S/C19H22ClNO2/c1-14(8-9-19(2,3)13-20)11-16(22)18-7-6-17(23-18)15-5-4-10-21-12-15/h4-7,10-12H,8-9,13H2,1-3H3/b14-11-. The second-order valence-corrected chi connectivity index (χ2v) is 6.83. The third-order valence-corrected chi connectivity index (χ3v) is 4.45. The third kappa shape index (κ3) is 5.07. The van der Waals surface area contributed by atoms with Gasteiger partial charge in [0, 0.05) is 23.8 Å². The van der Waals surface area contributed by atoms with E-state index in [1.807, 2.05) is 19.1 Å². The van der Waals surface area contributed by atoms with Crippen LogP contribution in [0.15, 0.2) is 52.7 Å². The Kier molecular flexibility index (Phi) is 5.78. The van der Waals surface area contributed by atoms with Gasteiger partial charge in [-0.25, -0.2) is 0 Å². The molecule has 23 heavy (non-hydrogen) atoms. The van der Waals surface area contributed by atoms with Crippen LogP contribution in [0.1, 0.15) is 44.2 Å². The van der Waals surface area contributed by atoms with Gasteiger partial charge in [-0.05, 0) is 55.5 Å². The van der Waals surface area contributed by atoms with Crippen molar-refractivity contribution < 1.29 is 9.21 Å². The highest BCUT2D eigenvalue weighted by molar-refractivity contribution is 6.18. The lowest BCUT2D eigenvalue weighted by Gasteiger charge is -2.20. The number of pyridine rings is 1. The fourth-order valence-electron chi connectivity index (χ4n) is 2.10. The van der Waals surface area contributed by atoms with Crippen molar-refractivity contribution in [1.82, 2.24) is 4.98 Å². The Morgan fingerprint density at radius 3 is 2.78 bits per heavy atom. The Labute approximate surface area is 142 Å². The lowest BCUT2D eigenvalue weighted by Crippen LogP contribution is -2.13. The van der Waals surface area contributed by atoms with Crippen molar-refractivity contribution in [3.8, 4) is 11.3 Å². The molecule has 2 aromatic rings. The minimum atomic E-state index is -0.110. The summed E-state index contributed by atoms with van der Waals surface area (Å²) in [7, 11) is 0. The van der Waals surface area contributed by atoms with Crippen molar-refractivity contribution in [2.24, 2.45) is 5.41 Å². The fraction of sp³-hybridized carbons (Fsp3) is 0.368. The normalized spacial score (nSPS) is 12.4. The van der Waals surface area contributed by atoms with Crippen molar-refractivity contribution in [2.75, 3.05) is 5.88 Å². The van der Waals surface area contributed by atoms with Gasteiger partial charge in [0.25, 0.3) is 0 Å². The van der Waals surface area contributed by atoms with E-state index in [2.05, 4.69) is 18.8 Å². The minimum Gasteiger partial charge on any atom is -0.453 e. The molecule has 0 radical (unpaired) electrons. The Morgan fingerprint density at radius 2 is 2.13 bits per heavy atom. The largest absolute Gasteiger partial charge is 0.453 e. The average Bonchev–Trinajstić information content (AvgIpc) is 3.04. The Balaban J connectivity index is 2.03. The molecule has 0 spiro atoms. The van der Waals surface area contributed by atoms with Crippen LogP contribution in [-0.4, -0.2) is 16.6 Å². The van der Waals surface area contributed by atoms with E-state index in [0.717, 1.165) is 24.0 Å². The van der Waals surface area contributed by atoms with Gasteiger partial charge in [-0.2, -0.15) is 0 Å². The first kappa shape index (κ1) is 17.5. The van der Waals surface area contributed by atoms with Crippen LogP contribution in [0.25, 0.3) is 11.3 Å². The van der Waals surface area contributed by atoms with E-state index in [9.17, 15) is 4.79 Å². The maximum Gasteiger partial charge on any atom is 0.220 e. The maximum atomic E-state index is 12.3. The predicted molar refractivity (Wildman–Crippen MR) is 93.8 cm³/mol. The molecule has 2 rings (SSSR count). The molecule has 2 heterocycles. The summed E-state index contributed by atoms with van der Waals surface area (Å²) in [6, 6.07) is 7.23. The number of hydrogen-bond acceptors (Lipinski definition) is 3. The highest BCUT2D eigenvalue weighted by Gasteiger charge is 2.16. The van der Waals surface area contributed by atoms with Gasteiger partial charge >= 0.3 is 0 Å². The quantitative estimate of drug-likeness (QED) is 0.381. The second-order valence-electron chi connectivity index (χ2n) is 6.56. The van der Waals surface area contributed by atoms with Gasteiger partial charge in [0.05, 0.1) is 0 Å². The number of rotatable bonds is 7. The molecule has 0 aliphatic heterocycles. The van der Waals surface area contributed by atoms with Crippen LogP contribution in [0.4, 0.5) is 0 Å². The van der Waals surface area contributed by atoms with Crippen LogP contribution in [0, 0.1) is 5.41 Å². The van der Waals surface area contributed by atoms with E-state index >= 15 is 0 Å². The minimum absolute atomic E-state index is 0.0812. The number of carbonyl (C=O) groups excluding carboxylic acids is 1. The summed E-state index contributed by atoms with van der Waals surface area (Å²) >= 11 is 5.93. The first-order valence-electron chi connectivity index (χ1n) is 7.69. The Morgan fingerprint density at radius 1 is 1.35 bits per heavy atom. The number of aromatic nitrogens is 1. The number of alkyl halides is 1. The molecule has 0 amide bonds. The first-order chi connectivity index (χ1) is 10.9. The lowest BCUT2D eigenvalue weighted by atomic mass is 9.88. The van der Waals surface area contributed by atoms with E-state index in [4.69, 9.17) is 16.0 Å². The van der Waals surface area contributed by atoms with Crippen molar-refractivity contribution in [1.29, 1.82) is 0 Å². The molecule has 0 aliphatic rings. The van der Waals surface area contributed by atoms with Crippen LogP contribution in [-0.2, 0) is 0 Å². The first-order valence-corrected chi connectivity index (χ1v) is 8.22. The Bertz CT molecular complexity index is 686. The van der Waals surface area contributed by atoms with Crippen LogP contribution in [0.3, 0.4) is 0 Å². The number of nitrogens with zero attached hydrogens (tertiary/aromatic N) is 1. The van der Waals surface area contributed by atoms with E-state index in [1.165, 1.54) is 0 Å². The van der Waals surface area contributed by atoms with E-state index < -0.39 is 0 Å². The monoisotopic (exact) mass is 331 g/mol. The summed E-state index contributed by atoms with van der Waals surface area (Å²) in [5.74, 6) is 1.50. The van der Waals surface area contributed by atoms with Gasteiger partial charge in [0.1, 0.15) is 5.76 Å². The SMILES string of the molecule is C/C(=C/C(=O)c1ccc(-c2cccnc2)o1)CCC(C)(C)CCl. The highest BCUT2D eigenvalue weighted by Crippen LogP contribution is 2.26. The molecule has 0 saturated heterocycles. The molecule has 122 valence electrons. The second kappa shape index (κ2) is 7.60. The van der Waals surface area contributed by atoms with Gasteiger partial charge in [-0.15, -0.1) is 11.6 Å². The molecular weight excluding hydrogens is 310 g/mol. The van der Waals surface area contributed by atoms with Gasteiger partial charge in [0.2, 0.25) is 5.78 Å². The summed E-state index contributed by atoms with van der Waals surface area (Å²) in [5, 5.41) is 0. The van der Waals surface area contributed by atoms with Crippen LogP contribution in [0.2, 0.25) is 0 Å². The molecular formula is C19H22ClNO2. The van der Waals surface area contributed by atoms with Gasteiger partial charge in [-0.3, -0.25) is 9.78 Å². The smallest absolute Gasteiger partial charge is 0.220 e. The van der Waals surface area contributed by atoms with E-state index in [0.29, 0.717) is 17.4 Å². The molecule has 2 aromatic heterocycles. The Hall–Kier alpha value is -1.87. The van der Waals surface area contributed by atoms with Crippen LogP contribution in [0.5, 0.6) is 0 Å². The maximum absolute atomic E-state index is 12.3. The summed E-state index contributed by atoms with van der Waals surface area (Å²) < 4.78 is 5.64. The average molecular weight is 332 g/mol. The molecule has 0 N–H and O–H groups in total. The van der Waals surface area contributed by atoms with Gasteiger partial charge in [0.15, 0.2) is 5.76 Å². The van der Waals surface area contributed by atoms with Crippen molar-refractivity contribution in [3.63, 3.8) is 0 Å². The highest BCUT2D eigenvalue weighted by atomic mass is 35.5. The van der Waals surface area contributed by atoms with Gasteiger partial charge in [-0.1, -0.05) is 19.4 Å². The molecule has 0 bridgehead atoms. The zero-order valence-electron chi connectivity index (χ0n) is 13.8. The molecule has 4 heteroatoms. The van der Waals surface area contributed by atoms with Crippen LogP contribution < -0.4 is 0 Å². The molecule has 0 atom stereocenters. The number of ketones is 1. The molecule has 0 unspecified atom stereocenters. The summed E-state index contributed by atoms with van der Waals surface area (Å²) in [5.41, 5.74) is 1.97. The predicted octanol–water partition coefficient (Wildman–Crippen LogP) is 5.52. The zero-order chi connectivity index (χ0) is 16.9. The zero-order valence-corrected chi connectivity index (χ0v) is 14.6. The van der Waals surface area contributed by atoms with Crippen LogP contribution >= 0.6 is 11.6 Å². The molecule has 0 saturated carbocycles. The molecule has 0 aromatic carbocycles. The summed E-state index contributed by atoms with van der Waals surface area (Å²) in [6.45, 7) is 6.22. The number of carbonyl (C=O) groups is 1. The number of hydrogen-bond donors (Lipinski definition) is 0. The van der Waals surface area contributed by atoms with Crippen molar-refractivity contribution in [3.05, 3.63) is 54.1 Å². The number of furan rings is 1. The van der Waals surface area contributed by atoms with Gasteiger partial charge < -0.3 is 4.42 Å². The lowest BCUT2D eigenvalue weighted by molar-refractivity contribution is 0.102. The number of halogens is 1. The van der Waals surface area contributed by atoms with Crippen molar-refractivity contribution >= 4 is 17.4 Å². The number of allylic oxidation sites excluding steroid dienone is 2. The topological polar surface area (TPSA) is 43.1 Å². The third-order valence-electron chi connectivity index (χ3n) is 3.73. The summed E-state index contributed by atoms with van der Waals surface area (Å²) in [6.07, 6.45) is 6.86. The molecule has 0 fully saturated rings. The molecule has 0 aliphatic carbocycles. The fourth-order valence-corrected chi connectivity index (χ4v) is 2.24. The van der Waals surface area contributed by atoms with E-state index in [1.54, 1.807) is 30.6 Å². The summed E-state index contributed by atoms with van der Waals surface area (Å²) in [4.78, 5) is 16.3.